The quantitative estimate of drug-likeness (QED) is 0.198. The largest absolute Gasteiger partial charge is 0.508 e. The van der Waals surface area contributed by atoms with Crippen LogP contribution in [0.5, 0.6) is 5.75 Å². The van der Waals surface area contributed by atoms with Crippen LogP contribution in [0.15, 0.2) is 59.6 Å². The molecule has 0 bridgehead atoms. The van der Waals surface area contributed by atoms with E-state index in [1.807, 2.05) is 6.92 Å². The first-order valence-electron chi connectivity index (χ1n) is 10.3. The van der Waals surface area contributed by atoms with Crippen LogP contribution in [0.25, 0.3) is 0 Å². The molecule has 3 rings (SSSR count). The molecule has 1 fully saturated rings. The van der Waals surface area contributed by atoms with Crippen LogP contribution in [0.2, 0.25) is 0 Å². The van der Waals surface area contributed by atoms with E-state index in [-0.39, 0.29) is 42.2 Å². The van der Waals surface area contributed by atoms with Gasteiger partial charge in [0, 0.05) is 18.3 Å². The van der Waals surface area contributed by atoms with Crippen molar-refractivity contribution < 1.29 is 9.90 Å². The van der Waals surface area contributed by atoms with Gasteiger partial charge in [0.2, 0.25) is 5.91 Å². The molecular weight excluding hydrogens is 491 g/mol. The molecule has 0 saturated heterocycles. The second-order valence-electron chi connectivity index (χ2n) is 7.39. The van der Waals surface area contributed by atoms with Crippen molar-refractivity contribution >= 4 is 41.5 Å². The van der Waals surface area contributed by atoms with Gasteiger partial charge in [0.05, 0.1) is 0 Å². The zero-order valence-electron chi connectivity index (χ0n) is 17.3. The molecule has 0 radical (unpaired) electrons. The number of phenolic OH excluding ortho intramolecular Hbond substituents is 1. The van der Waals surface area contributed by atoms with E-state index in [1.54, 1.807) is 12.1 Å². The van der Waals surface area contributed by atoms with Crippen LogP contribution in [0.3, 0.4) is 0 Å². The summed E-state index contributed by atoms with van der Waals surface area (Å²) in [5.74, 6) is 1.28. The maximum absolute atomic E-state index is 12.2. The average Bonchev–Trinajstić information content (AvgIpc) is 2.75. The monoisotopic (exact) mass is 522 g/mol. The normalized spacial score (nSPS) is 18.8. The molecule has 0 heterocycles. The molecule has 162 valence electrons. The van der Waals surface area contributed by atoms with Gasteiger partial charge in [0.25, 0.3) is 0 Å². The van der Waals surface area contributed by atoms with Crippen molar-refractivity contribution in [1.29, 1.82) is 0 Å². The number of phenols is 1. The van der Waals surface area contributed by atoms with Gasteiger partial charge in [-0.3, -0.25) is 4.79 Å². The number of rotatable bonds is 6. The highest BCUT2D eigenvalue weighted by Gasteiger charge is 2.22. The molecule has 7 heteroatoms. The molecule has 6 nitrogen and oxygen atoms in total. The highest BCUT2D eigenvalue weighted by Crippen LogP contribution is 2.32. The van der Waals surface area contributed by atoms with E-state index in [4.69, 9.17) is 0 Å². The van der Waals surface area contributed by atoms with Crippen LogP contribution in [0.1, 0.15) is 44.1 Å². The van der Waals surface area contributed by atoms with Gasteiger partial charge >= 0.3 is 0 Å². The molecule has 2 aromatic carbocycles. The minimum atomic E-state index is -0.194. The molecule has 1 aliphatic rings. The Labute approximate surface area is 195 Å². The zero-order valence-corrected chi connectivity index (χ0v) is 19.6. The Morgan fingerprint density at radius 3 is 2.33 bits per heavy atom. The van der Waals surface area contributed by atoms with Gasteiger partial charge in [-0.05, 0) is 68.4 Å². The van der Waals surface area contributed by atoms with E-state index in [0.29, 0.717) is 23.6 Å². The molecule has 0 aromatic heterocycles. The van der Waals surface area contributed by atoms with Crippen molar-refractivity contribution in [2.45, 2.75) is 44.6 Å². The molecule has 2 aromatic rings. The highest BCUT2D eigenvalue weighted by molar-refractivity contribution is 14.0. The van der Waals surface area contributed by atoms with Gasteiger partial charge in [-0.2, -0.15) is 0 Å². The van der Waals surface area contributed by atoms with Crippen LogP contribution in [0, 0.1) is 0 Å². The number of halogens is 1. The van der Waals surface area contributed by atoms with Gasteiger partial charge in [0.1, 0.15) is 12.3 Å². The molecule has 0 spiro atoms. The molecule has 1 amide bonds. The van der Waals surface area contributed by atoms with E-state index >= 15 is 0 Å². The lowest BCUT2D eigenvalue weighted by atomic mass is 9.82. The molecule has 1 aliphatic carbocycles. The van der Waals surface area contributed by atoms with Crippen LogP contribution >= 0.6 is 24.0 Å². The van der Waals surface area contributed by atoms with Crippen molar-refractivity contribution in [2.24, 2.45) is 4.99 Å². The molecule has 4 N–H and O–H groups in total. The average molecular weight is 522 g/mol. The predicted molar refractivity (Wildman–Crippen MR) is 133 cm³/mol. The lowest BCUT2D eigenvalue weighted by Crippen LogP contribution is -2.45. The van der Waals surface area contributed by atoms with Gasteiger partial charge in [-0.1, -0.05) is 30.3 Å². The third-order valence-corrected chi connectivity index (χ3v) is 5.22. The van der Waals surface area contributed by atoms with Gasteiger partial charge in [-0.15, -0.1) is 24.0 Å². The van der Waals surface area contributed by atoms with Crippen LogP contribution in [-0.4, -0.2) is 36.1 Å². The summed E-state index contributed by atoms with van der Waals surface area (Å²) in [5, 5.41) is 18.8. The van der Waals surface area contributed by atoms with E-state index in [1.165, 1.54) is 17.7 Å². The predicted octanol–water partition coefficient (Wildman–Crippen LogP) is 4.23. The Morgan fingerprint density at radius 1 is 1.03 bits per heavy atom. The van der Waals surface area contributed by atoms with Gasteiger partial charge < -0.3 is 21.1 Å². The lowest BCUT2D eigenvalue weighted by molar-refractivity contribution is -0.114. The third-order valence-electron chi connectivity index (χ3n) is 5.22. The number of guanidine groups is 1. The summed E-state index contributed by atoms with van der Waals surface area (Å²) >= 11 is 0. The molecule has 0 unspecified atom stereocenters. The number of benzene rings is 2. The first kappa shape index (κ1) is 24.0. The minimum Gasteiger partial charge on any atom is -0.508 e. The van der Waals surface area contributed by atoms with Crippen molar-refractivity contribution in [3.05, 3.63) is 60.2 Å². The smallest absolute Gasteiger partial charge is 0.246 e. The molecule has 0 atom stereocenters. The van der Waals surface area contributed by atoms with E-state index in [9.17, 15) is 9.90 Å². The second kappa shape index (κ2) is 12.4. The van der Waals surface area contributed by atoms with Crippen LogP contribution < -0.4 is 16.0 Å². The number of aliphatic imine (C=N–C) groups is 1. The van der Waals surface area contributed by atoms with Gasteiger partial charge in [-0.25, -0.2) is 4.99 Å². The van der Waals surface area contributed by atoms with Crippen molar-refractivity contribution in [3.63, 3.8) is 0 Å². The Hall–Kier alpha value is -2.29. The van der Waals surface area contributed by atoms with Crippen molar-refractivity contribution in [1.82, 2.24) is 10.6 Å². The summed E-state index contributed by atoms with van der Waals surface area (Å²) in [6.07, 6.45) is 4.48. The number of amides is 1. The lowest BCUT2D eigenvalue weighted by Gasteiger charge is -2.30. The number of hydrogen-bond donors (Lipinski definition) is 4. The topological polar surface area (TPSA) is 85.8 Å². The van der Waals surface area contributed by atoms with E-state index < -0.39 is 0 Å². The molecule has 0 aliphatic heterocycles. The number of anilines is 1. The maximum atomic E-state index is 12.2. The Kier molecular flexibility index (Phi) is 9.93. The van der Waals surface area contributed by atoms with Crippen molar-refractivity contribution in [2.75, 3.05) is 18.4 Å². The number of nitrogens with one attached hydrogen (secondary N) is 3. The fourth-order valence-electron chi connectivity index (χ4n) is 3.71. The molecular formula is C23H31IN4O2. The zero-order chi connectivity index (χ0) is 20.5. The van der Waals surface area contributed by atoms with Gasteiger partial charge in [0.15, 0.2) is 5.96 Å². The second-order valence-corrected chi connectivity index (χ2v) is 7.39. The number of aromatic hydroxyl groups is 1. The summed E-state index contributed by atoms with van der Waals surface area (Å²) in [7, 11) is 0. The van der Waals surface area contributed by atoms with E-state index in [2.05, 4.69) is 51.3 Å². The summed E-state index contributed by atoms with van der Waals surface area (Å²) in [5.41, 5.74) is 2.07. The SMILES string of the molecule is CCNC(=NCC(=O)Nc1ccc(O)cc1)NC1CCC(c2ccccc2)CC1.I. The minimum absolute atomic E-state index is 0. The highest BCUT2D eigenvalue weighted by atomic mass is 127. The summed E-state index contributed by atoms with van der Waals surface area (Å²) in [6.45, 7) is 2.79. The first-order chi connectivity index (χ1) is 14.1. The van der Waals surface area contributed by atoms with Crippen LogP contribution in [0.4, 0.5) is 5.69 Å². The maximum Gasteiger partial charge on any atom is 0.246 e. The number of carbonyl (C=O) groups is 1. The third kappa shape index (κ3) is 7.51. The van der Waals surface area contributed by atoms with Crippen molar-refractivity contribution in [3.8, 4) is 5.75 Å². The fraction of sp³-hybridized carbons (Fsp3) is 0.391. The Balaban J connectivity index is 0.00000320. The Morgan fingerprint density at radius 2 is 1.70 bits per heavy atom. The fourth-order valence-corrected chi connectivity index (χ4v) is 3.71. The first-order valence-corrected chi connectivity index (χ1v) is 10.3. The summed E-state index contributed by atoms with van der Waals surface area (Å²) in [4.78, 5) is 16.6. The standard InChI is InChI=1S/C23H30N4O2.HI/c1-2-24-23(25-16-22(29)26-19-12-14-21(28)15-13-19)27-20-10-8-18(9-11-20)17-6-4-3-5-7-17;/h3-7,12-15,18,20,28H,2,8-11,16H2,1H3,(H,26,29)(H2,24,25,27);1H. The summed E-state index contributed by atoms with van der Waals surface area (Å²) in [6, 6.07) is 17.5. The number of hydrogen-bond acceptors (Lipinski definition) is 3. The number of carbonyl (C=O) groups excluding carboxylic acids is 1. The molecule has 1 saturated carbocycles. The summed E-state index contributed by atoms with van der Waals surface area (Å²) < 4.78 is 0. The van der Waals surface area contributed by atoms with E-state index in [0.717, 1.165) is 32.2 Å². The molecule has 30 heavy (non-hydrogen) atoms. The van der Waals surface area contributed by atoms with Crippen LogP contribution in [-0.2, 0) is 4.79 Å². The number of nitrogens with zero attached hydrogens (tertiary/aromatic N) is 1. The Bertz CT molecular complexity index is 804.